The molecule has 0 amide bonds. The molecule has 2 aromatic rings. The molecule has 0 unspecified atom stereocenters. The van der Waals surface area contributed by atoms with Crippen LogP contribution >= 0.6 is 0 Å². The van der Waals surface area contributed by atoms with Crippen molar-refractivity contribution in [3.05, 3.63) is 64.7 Å². The number of carbonyl (C=O) groups is 3. The second kappa shape index (κ2) is 6.22. The van der Waals surface area contributed by atoms with E-state index in [0.29, 0.717) is 11.1 Å². The Balaban J connectivity index is 2.32. The van der Waals surface area contributed by atoms with Gasteiger partial charge in [0.25, 0.3) is 0 Å². The summed E-state index contributed by atoms with van der Waals surface area (Å²) in [6.45, 7) is 1.44. The summed E-state index contributed by atoms with van der Waals surface area (Å²) in [5.74, 6) is -1.65. The minimum absolute atomic E-state index is 0.0904. The monoisotopic (exact) mass is 298 g/mol. The van der Waals surface area contributed by atoms with Gasteiger partial charge in [-0.3, -0.25) is 14.4 Å². The number of hydrogen-bond acceptors (Lipinski definition) is 4. The van der Waals surface area contributed by atoms with Gasteiger partial charge in [0.1, 0.15) is 5.75 Å². The van der Waals surface area contributed by atoms with E-state index in [1.54, 1.807) is 24.3 Å². The van der Waals surface area contributed by atoms with Crippen molar-refractivity contribution in [2.24, 2.45) is 0 Å². The molecule has 22 heavy (non-hydrogen) atoms. The van der Waals surface area contributed by atoms with Gasteiger partial charge in [0, 0.05) is 22.3 Å². The molecule has 0 aliphatic rings. The van der Waals surface area contributed by atoms with Crippen LogP contribution in [0.4, 0.5) is 0 Å². The van der Waals surface area contributed by atoms with E-state index in [9.17, 15) is 19.5 Å². The highest BCUT2D eigenvalue weighted by atomic mass is 16.4. The summed E-state index contributed by atoms with van der Waals surface area (Å²) in [7, 11) is 0. The summed E-state index contributed by atoms with van der Waals surface area (Å²) in [6.07, 6.45) is -0.365. The Kier molecular flexibility index (Phi) is 4.36. The number of hydrogen-bond donors (Lipinski definition) is 2. The lowest BCUT2D eigenvalue weighted by atomic mass is 9.98. The quantitative estimate of drug-likeness (QED) is 0.827. The van der Waals surface area contributed by atoms with E-state index in [-0.39, 0.29) is 34.9 Å². The van der Waals surface area contributed by atoms with Gasteiger partial charge >= 0.3 is 5.97 Å². The van der Waals surface area contributed by atoms with Crippen molar-refractivity contribution in [2.75, 3.05) is 0 Å². The smallest absolute Gasteiger partial charge is 0.307 e. The van der Waals surface area contributed by atoms with Gasteiger partial charge in [0.05, 0.1) is 6.42 Å². The number of aromatic hydroxyl groups is 1. The standard InChI is InChI=1S/C17H14O5/c1-10(18)11-2-4-12(5-3-11)17(22)13-6-7-15(19)14(8-13)9-16(20)21/h2-8,19H,9H2,1H3,(H,20,21). The molecule has 0 atom stereocenters. The van der Waals surface area contributed by atoms with Gasteiger partial charge in [-0.15, -0.1) is 0 Å². The SMILES string of the molecule is CC(=O)c1ccc(C(=O)c2ccc(O)c(CC(=O)O)c2)cc1. The largest absolute Gasteiger partial charge is 0.508 e. The lowest BCUT2D eigenvalue weighted by Crippen LogP contribution is -2.05. The number of carboxylic acid groups (broad SMARTS) is 1. The lowest BCUT2D eigenvalue weighted by molar-refractivity contribution is -0.136. The normalized spacial score (nSPS) is 10.2. The predicted molar refractivity (Wildman–Crippen MR) is 79.3 cm³/mol. The van der Waals surface area contributed by atoms with E-state index in [4.69, 9.17) is 5.11 Å². The Morgan fingerprint density at radius 3 is 2.00 bits per heavy atom. The molecule has 112 valence electrons. The zero-order valence-corrected chi connectivity index (χ0v) is 11.9. The fourth-order valence-electron chi connectivity index (χ4n) is 2.05. The van der Waals surface area contributed by atoms with Crippen LogP contribution < -0.4 is 0 Å². The van der Waals surface area contributed by atoms with Crippen LogP contribution in [0.1, 0.15) is 38.8 Å². The maximum absolute atomic E-state index is 12.4. The number of ketones is 2. The average molecular weight is 298 g/mol. The number of benzene rings is 2. The van der Waals surface area contributed by atoms with Crippen molar-refractivity contribution in [3.8, 4) is 5.75 Å². The van der Waals surface area contributed by atoms with Crippen molar-refractivity contribution >= 4 is 17.5 Å². The summed E-state index contributed by atoms with van der Waals surface area (Å²) in [5, 5.41) is 18.4. The van der Waals surface area contributed by atoms with E-state index in [0.717, 1.165) is 0 Å². The highest BCUT2D eigenvalue weighted by Crippen LogP contribution is 2.21. The number of Topliss-reactive ketones (excluding diaryl/α,β-unsaturated/α-hetero) is 1. The van der Waals surface area contributed by atoms with Crippen LogP contribution in [0.25, 0.3) is 0 Å². The van der Waals surface area contributed by atoms with Gasteiger partial charge in [-0.1, -0.05) is 24.3 Å². The Labute approximate surface area is 126 Å². The van der Waals surface area contributed by atoms with E-state index < -0.39 is 5.97 Å². The van der Waals surface area contributed by atoms with Crippen molar-refractivity contribution in [3.63, 3.8) is 0 Å². The molecule has 2 rings (SSSR count). The molecule has 0 saturated carbocycles. The number of phenols is 1. The first kappa shape index (κ1) is 15.4. The molecule has 0 bridgehead atoms. The first-order valence-electron chi connectivity index (χ1n) is 6.58. The minimum Gasteiger partial charge on any atom is -0.508 e. The Hall–Kier alpha value is -2.95. The average Bonchev–Trinajstić information content (AvgIpc) is 2.48. The fourth-order valence-corrected chi connectivity index (χ4v) is 2.05. The summed E-state index contributed by atoms with van der Waals surface area (Å²) in [4.78, 5) is 34.3. The number of rotatable bonds is 5. The van der Waals surface area contributed by atoms with Crippen molar-refractivity contribution in [1.82, 2.24) is 0 Å². The third-order valence-electron chi connectivity index (χ3n) is 3.24. The molecule has 5 heteroatoms. The van der Waals surface area contributed by atoms with Gasteiger partial charge in [-0.25, -0.2) is 0 Å². The van der Waals surface area contributed by atoms with Crippen molar-refractivity contribution in [2.45, 2.75) is 13.3 Å². The van der Waals surface area contributed by atoms with Gasteiger partial charge < -0.3 is 10.2 Å². The first-order chi connectivity index (χ1) is 10.4. The fraction of sp³-hybridized carbons (Fsp3) is 0.118. The van der Waals surface area contributed by atoms with E-state index in [2.05, 4.69) is 0 Å². The summed E-state index contributed by atoms with van der Waals surface area (Å²) in [5.41, 5.74) is 1.36. The Morgan fingerprint density at radius 2 is 1.45 bits per heavy atom. The lowest BCUT2D eigenvalue weighted by Gasteiger charge is -2.06. The molecule has 0 aliphatic heterocycles. The van der Waals surface area contributed by atoms with E-state index in [1.807, 2.05) is 0 Å². The number of aliphatic carboxylic acids is 1. The third kappa shape index (κ3) is 3.38. The number of phenolic OH excluding ortho intramolecular Hbond substituents is 1. The molecule has 0 aromatic heterocycles. The topological polar surface area (TPSA) is 91.7 Å². The van der Waals surface area contributed by atoms with Crippen LogP contribution in [0.15, 0.2) is 42.5 Å². The Bertz CT molecular complexity index is 744. The third-order valence-corrected chi connectivity index (χ3v) is 3.24. The van der Waals surface area contributed by atoms with E-state index >= 15 is 0 Å². The second-order valence-electron chi connectivity index (χ2n) is 4.88. The molecule has 0 saturated heterocycles. The maximum atomic E-state index is 12.4. The molecular formula is C17H14O5. The highest BCUT2D eigenvalue weighted by molar-refractivity contribution is 6.09. The van der Waals surface area contributed by atoms with Crippen LogP contribution in [0, 0.1) is 0 Å². The first-order valence-corrected chi connectivity index (χ1v) is 6.58. The molecule has 0 radical (unpaired) electrons. The highest BCUT2D eigenvalue weighted by Gasteiger charge is 2.13. The zero-order valence-electron chi connectivity index (χ0n) is 11.9. The van der Waals surface area contributed by atoms with Gasteiger partial charge in [-0.2, -0.15) is 0 Å². The van der Waals surface area contributed by atoms with Gasteiger partial charge in [-0.05, 0) is 25.1 Å². The molecule has 0 heterocycles. The van der Waals surface area contributed by atoms with Gasteiger partial charge in [0.2, 0.25) is 0 Å². The summed E-state index contributed by atoms with van der Waals surface area (Å²) in [6, 6.07) is 10.3. The molecular weight excluding hydrogens is 284 g/mol. The van der Waals surface area contributed by atoms with Crippen molar-refractivity contribution in [1.29, 1.82) is 0 Å². The van der Waals surface area contributed by atoms with Crippen LogP contribution in [0.5, 0.6) is 5.75 Å². The Morgan fingerprint density at radius 1 is 0.909 bits per heavy atom. The molecule has 2 aromatic carbocycles. The number of carboxylic acids is 1. The molecule has 2 N–H and O–H groups in total. The minimum atomic E-state index is -1.09. The number of carbonyl (C=O) groups excluding carboxylic acids is 2. The van der Waals surface area contributed by atoms with Crippen LogP contribution in [0.3, 0.4) is 0 Å². The predicted octanol–water partition coefficient (Wildman–Crippen LogP) is 2.45. The zero-order chi connectivity index (χ0) is 16.3. The van der Waals surface area contributed by atoms with E-state index in [1.165, 1.54) is 25.1 Å². The maximum Gasteiger partial charge on any atom is 0.307 e. The van der Waals surface area contributed by atoms with Crippen LogP contribution in [0.2, 0.25) is 0 Å². The molecule has 0 spiro atoms. The molecule has 0 fully saturated rings. The van der Waals surface area contributed by atoms with Crippen LogP contribution in [-0.4, -0.2) is 27.7 Å². The molecule has 5 nitrogen and oxygen atoms in total. The summed E-state index contributed by atoms with van der Waals surface area (Å²) < 4.78 is 0. The van der Waals surface area contributed by atoms with Crippen molar-refractivity contribution < 1.29 is 24.6 Å². The second-order valence-corrected chi connectivity index (χ2v) is 4.88. The van der Waals surface area contributed by atoms with Gasteiger partial charge in [0.15, 0.2) is 11.6 Å². The molecule has 0 aliphatic carbocycles. The van der Waals surface area contributed by atoms with Crippen LogP contribution in [-0.2, 0) is 11.2 Å². The summed E-state index contributed by atoms with van der Waals surface area (Å²) >= 11 is 0.